The molecule has 2 aliphatic heterocycles. The first-order valence-electron chi connectivity index (χ1n) is 11.7. The van der Waals surface area contributed by atoms with Crippen LogP contribution < -0.4 is 15.4 Å². The van der Waals surface area contributed by atoms with Gasteiger partial charge in [0.15, 0.2) is 0 Å². The zero-order valence-corrected chi connectivity index (χ0v) is 19.6. The summed E-state index contributed by atoms with van der Waals surface area (Å²) in [4.78, 5) is 10.6. The Balaban J connectivity index is 1.44. The standard InChI is InChI=1S/C26H32FN5O2/c1-3-15-33-19-21-17-22(6-7-24(21)34-16-14-32-12-4-5-13-32)30-26(2)29-11-9-23(31-26)20-8-10-28-25(27)18-20/h3,6-11,17-18,30-31H,1,4-5,12-16,19H2,2H3. The summed E-state index contributed by atoms with van der Waals surface area (Å²) >= 11 is 0. The van der Waals surface area contributed by atoms with Crippen LogP contribution in [0.1, 0.15) is 30.9 Å². The number of aliphatic imine (C=N–C) groups is 1. The summed E-state index contributed by atoms with van der Waals surface area (Å²) in [6.07, 6.45) is 9.23. The van der Waals surface area contributed by atoms with Crippen molar-refractivity contribution in [3.8, 4) is 5.75 Å². The highest BCUT2D eigenvalue weighted by Crippen LogP contribution is 2.27. The fourth-order valence-corrected chi connectivity index (χ4v) is 4.13. The summed E-state index contributed by atoms with van der Waals surface area (Å²) in [6.45, 7) is 10.4. The average Bonchev–Trinajstić information content (AvgIpc) is 3.34. The van der Waals surface area contributed by atoms with E-state index in [1.165, 1.54) is 25.1 Å². The molecular weight excluding hydrogens is 433 g/mol. The van der Waals surface area contributed by atoms with Gasteiger partial charge in [-0.05, 0) is 63.2 Å². The van der Waals surface area contributed by atoms with Gasteiger partial charge < -0.3 is 20.1 Å². The summed E-state index contributed by atoms with van der Waals surface area (Å²) in [5.41, 5.74) is 3.26. The van der Waals surface area contributed by atoms with Gasteiger partial charge in [-0.15, -0.1) is 6.58 Å². The third kappa shape index (κ3) is 6.42. The van der Waals surface area contributed by atoms with Gasteiger partial charge in [0, 0.05) is 47.5 Å². The summed E-state index contributed by atoms with van der Waals surface area (Å²) in [5, 5.41) is 6.78. The first-order chi connectivity index (χ1) is 16.5. The van der Waals surface area contributed by atoms with E-state index in [0.717, 1.165) is 42.3 Å². The Morgan fingerprint density at radius 1 is 1.26 bits per heavy atom. The number of halogens is 1. The van der Waals surface area contributed by atoms with Crippen molar-refractivity contribution in [3.05, 3.63) is 72.3 Å². The number of aromatic nitrogens is 1. The smallest absolute Gasteiger partial charge is 0.213 e. The third-order valence-corrected chi connectivity index (χ3v) is 5.79. The van der Waals surface area contributed by atoms with Crippen molar-refractivity contribution in [1.29, 1.82) is 0 Å². The second-order valence-corrected chi connectivity index (χ2v) is 8.57. The van der Waals surface area contributed by atoms with Gasteiger partial charge in [-0.1, -0.05) is 6.08 Å². The maximum Gasteiger partial charge on any atom is 0.213 e. The zero-order valence-electron chi connectivity index (χ0n) is 19.6. The lowest BCUT2D eigenvalue weighted by Gasteiger charge is -2.33. The van der Waals surface area contributed by atoms with Gasteiger partial charge in [0.25, 0.3) is 0 Å². The highest BCUT2D eigenvalue weighted by molar-refractivity contribution is 5.86. The topological polar surface area (TPSA) is 71.0 Å². The van der Waals surface area contributed by atoms with Gasteiger partial charge in [0.1, 0.15) is 12.4 Å². The van der Waals surface area contributed by atoms with Crippen molar-refractivity contribution < 1.29 is 13.9 Å². The molecule has 7 nitrogen and oxygen atoms in total. The maximum absolute atomic E-state index is 13.6. The lowest BCUT2D eigenvalue weighted by molar-refractivity contribution is 0.144. The van der Waals surface area contributed by atoms with E-state index in [0.29, 0.717) is 25.4 Å². The number of hydrogen-bond donors (Lipinski definition) is 2. The Morgan fingerprint density at radius 3 is 2.91 bits per heavy atom. The van der Waals surface area contributed by atoms with E-state index in [9.17, 15) is 4.39 Å². The van der Waals surface area contributed by atoms with Crippen LogP contribution in [-0.2, 0) is 11.3 Å². The van der Waals surface area contributed by atoms with Gasteiger partial charge in [-0.3, -0.25) is 4.90 Å². The Bertz CT molecular complexity index is 1050. The number of rotatable bonds is 11. The van der Waals surface area contributed by atoms with E-state index in [4.69, 9.17) is 9.47 Å². The van der Waals surface area contributed by atoms with Crippen LogP contribution in [0.4, 0.5) is 10.1 Å². The van der Waals surface area contributed by atoms with Crippen LogP contribution in [0.5, 0.6) is 5.75 Å². The molecule has 2 aromatic rings. The summed E-state index contributed by atoms with van der Waals surface area (Å²) in [7, 11) is 0. The molecule has 2 N–H and O–H groups in total. The molecule has 0 bridgehead atoms. The molecule has 0 spiro atoms. The second-order valence-electron chi connectivity index (χ2n) is 8.57. The van der Waals surface area contributed by atoms with Gasteiger partial charge in [-0.25, -0.2) is 9.98 Å². The molecular formula is C26H32FN5O2. The molecule has 1 atom stereocenters. The van der Waals surface area contributed by atoms with Gasteiger partial charge >= 0.3 is 0 Å². The first kappa shape index (κ1) is 23.9. The number of nitrogens with one attached hydrogen (secondary N) is 2. The lowest BCUT2D eigenvalue weighted by atomic mass is 10.1. The number of nitrogens with zero attached hydrogens (tertiary/aromatic N) is 3. The molecule has 1 aromatic carbocycles. The molecule has 180 valence electrons. The average molecular weight is 466 g/mol. The highest BCUT2D eigenvalue weighted by atomic mass is 19.1. The monoisotopic (exact) mass is 465 g/mol. The fraction of sp³-hybridized carbons (Fsp3) is 0.385. The minimum atomic E-state index is -0.818. The molecule has 34 heavy (non-hydrogen) atoms. The third-order valence-electron chi connectivity index (χ3n) is 5.79. The van der Waals surface area contributed by atoms with E-state index in [2.05, 4.69) is 32.1 Å². The minimum absolute atomic E-state index is 0.412. The molecule has 1 saturated heterocycles. The van der Waals surface area contributed by atoms with Crippen molar-refractivity contribution in [2.45, 2.75) is 32.2 Å². The summed E-state index contributed by atoms with van der Waals surface area (Å²) < 4.78 is 25.4. The lowest BCUT2D eigenvalue weighted by Crippen LogP contribution is -2.48. The SMILES string of the molecule is C=CCOCc1cc(NC2(C)N=CC=C(c3ccnc(F)c3)N2)ccc1OCCN1CCCC1. The number of ether oxygens (including phenoxy) is 2. The Labute approximate surface area is 200 Å². The Hall–Kier alpha value is -3.23. The van der Waals surface area contributed by atoms with E-state index in [1.54, 1.807) is 18.4 Å². The molecule has 1 unspecified atom stereocenters. The van der Waals surface area contributed by atoms with Crippen molar-refractivity contribution in [2.75, 3.05) is 38.2 Å². The van der Waals surface area contributed by atoms with Crippen LogP contribution in [0, 0.1) is 5.95 Å². The zero-order chi connectivity index (χ0) is 23.8. The van der Waals surface area contributed by atoms with Gasteiger partial charge in [-0.2, -0.15) is 4.39 Å². The number of allylic oxidation sites excluding steroid dienone is 1. The van der Waals surface area contributed by atoms with Crippen LogP contribution in [-0.4, -0.2) is 54.7 Å². The molecule has 0 amide bonds. The minimum Gasteiger partial charge on any atom is -0.492 e. The number of pyridine rings is 1. The van der Waals surface area contributed by atoms with Gasteiger partial charge in [0.2, 0.25) is 11.7 Å². The Kier molecular flexibility index (Phi) is 7.92. The maximum atomic E-state index is 13.6. The quantitative estimate of drug-likeness (QED) is 0.295. The van der Waals surface area contributed by atoms with Crippen LogP contribution >= 0.6 is 0 Å². The second kappa shape index (κ2) is 11.3. The van der Waals surface area contributed by atoms with Crippen LogP contribution in [0.2, 0.25) is 0 Å². The number of anilines is 1. The largest absolute Gasteiger partial charge is 0.492 e. The van der Waals surface area contributed by atoms with E-state index in [1.807, 2.05) is 31.2 Å². The molecule has 1 aromatic heterocycles. The fourth-order valence-electron chi connectivity index (χ4n) is 4.13. The van der Waals surface area contributed by atoms with E-state index in [-0.39, 0.29) is 0 Å². The molecule has 2 aliphatic rings. The molecule has 3 heterocycles. The van der Waals surface area contributed by atoms with E-state index < -0.39 is 11.7 Å². The van der Waals surface area contributed by atoms with Crippen molar-refractivity contribution in [2.24, 2.45) is 4.99 Å². The predicted molar refractivity (Wildman–Crippen MR) is 133 cm³/mol. The highest BCUT2D eigenvalue weighted by Gasteiger charge is 2.26. The first-order valence-corrected chi connectivity index (χ1v) is 11.7. The van der Waals surface area contributed by atoms with Crippen molar-refractivity contribution in [1.82, 2.24) is 15.2 Å². The van der Waals surface area contributed by atoms with E-state index >= 15 is 0 Å². The Morgan fingerprint density at radius 2 is 2.12 bits per heavy atom. The summed E-state index contributed by atoms with van der Waals surface area (Å²) in [5.74, 6) is -0.532. The van der Waals surface area contributed by atoms with Crippen molar-refractivity contribution >= 4 is 17.6 Å². The van der Waals surface area contributed by atoms with Gasteiger partial charge in [0.05, 0.1) is 13.2 Å². The van der Waals surface area contributed by atoms with Crippen LogP contribution in [0.15, 0.2) is 60.3 Å². The number of likely N-dealkylation sites (tertiary alicyclic amines) is 1. The number of hydrogen-bond acceptors (Lipinski definition) is 7. The molecule has 0 saturated carbocycles. The molecule has 1 fully saturated rings. The summed E-state index contributed by atoms with van der Waals surface area (Å²) in [6, 6.07) is 9.09. The molecule has 4 rings (SSSR count). The van der Waals surface area contributed by atoms with Crippen molar-refractivity contribution in [3.63, 3.8) is 0 Å². The predicted octanol–water partition coefficient (Wildman–Crippen LogP) is 4.20. The van der Waals surface area contributed by atoms with Crippen LogP contribution in [0.3, 0.4) is 0 Å². The normalized spacial score (nSPS) is 20.0. The molecule has 0 radical (unpaired) electrons. The number of benzene rings is 1. The molecule has 8 heteroatoms. The van der Waals surface area contributed by atoms with Crippen LogP contribution in [0.25, 0.3) is 5.70 Å². The molecule has 0 aliphatic carbocycles.